The average molecular weight is 289 g/mol. The molecule has 1 aromatic carbocycles. The van der Waals surface area contributed by atoms with E-state index in [4.69, 9.17) is 0 Å². The van der Waals surface area contributed by atoms with Crippen LogP contribution in [0, 0.1) is 0 Å². The van der Waals surface area contributed by atoms with Crippen LogP contribution in [0.3, 0.4) is 0 Å². The van der Waals surface area contributed by atoms with Crippen LogP contribution in [-0.4, -0.2) is 49.4 Å². The summed E-state index contributed by atoms with van der Waals surface area (Å²) >= 11 is 0. The number of carbonyl (C=O) groups is 2. The van der Waals surface area contributed by atoms with Gasteiger partial charge in [-0.25, -0.2) is 0 Å². The predicted octanol–water partition coefficient (Wildman–Crippen LogP) is 1.25. The van der Waals surface area contributed by atoms with Crippen molar-refractivity contribution < 1.29 is 9.59 Å². The maximum absolute atomic E-state index is 12.2. The standard InChI is InChI=1S/C16H23N3O2/c1-13(20)19-11-6-9-15(19)16(21)17-10-12-18(2)14-7-4-3-5-8-14/h3-5,7-8,15H,6,9-12H2,1-2H3,(H,17,21). The highest BCUT2D eigenvalue weighted by Gasteiger charge is 2.31. The van der Waals surface area contributed by atoms with Gasteiger partial charge in [-0.2, -0.15) is 0 Å². The molecule has 1 aliphatic rings. The second kappa shape index (κ2) is 7.11. The van der Waals surface area contributed by atoms with Gasteiger partial charge in [-0.05, 0) is 25.0 Å². The first-order valence-corrected chi connectivity index (χ1v) is 7.40. The van der Waals surface area contributed by atoms with Gasteiger partial charge in [0, 0.05) is 39.3 Å². The third kappa shape index (κ3) is 3.97. The van der Waals surface area contributed by atoms with Gasteiger partial charge in [0.05, 0.1) is 0 Å². The van der Waals surface area contributed by atoms with Crippen LogP contribution in [0.4, 0.5) is 5.69 Å². The number of amides is 2. The van der Waals surface area contributed by atoms with Crippen molar-refractivity contribution in [3.8, 4) is 0 Å². The van der Waals surface area contributed by atoms with E-state index in [-0.39, 0.29) is 17.9 Å². The summed E-state index contributed by atoms with van der Waals surface area (Å²) in [5, 5.41) is 2.94. The summed E-state index contributed by atoms with van der Waals surface area (Å²) in [6, 6.07) is 9.76. The van der Waals surface area contributed by atoms with Gasteiger partial charge in [-0.3, -0.25) is 9.59 Å². The second-order valence-corrected chi connectivity index (χ2v) is 5.42. The Labute approximate surface area is 125 Å². The van der Waals surface area contributed by atoms with Crippen molar-refractivity contribution in [1.82, 2.24) is 10.2 Å². The Morgan fingerprint density at radius 1 is 1.33 bits per heavy atom. The van der Waals surface area contributed by atoms with Gasteiger partial charge < -0.3 is 15.1 Å². The zero-order chi connectivity index (χ0) is 15.2. The van der Waals surface area contributed by atoms with Crippen LogP contribution in [0.5, 0.6) is 0 Å². The Hall–Kier alpha value is -2.04. The molecule has 1 heterocycles. The van der Waals surface area contributed by atoms with Crippen LogP contribution in [0.15, 0.2) is 30.3 Å². The van der Waals surface area contributed by atoms with Crippen LogP contribution in [0.2, 0.25) is 0 Å². The number of hydrogen-bond donors (Lipinski definition) is 1. The van der Waals surface area contributed by atoms with Crippen molar-refractivity contribution in [2.75, 3.05) is 31.6 Å². The second-order valence-electron chi connectivity index (χ2n) is 5.42. The molecular weight excluding hydrogens is 266 g/mol. The fourth-order valence-corrected chi connectivity index (χ4v) is 2.69. The van der Waals surface area contributed by atoms with E-state index in [9.17, 15) is 9.59 Å². The molecule has 5 nitrogen and oxygen atoms in total. The highest BCUT2D eigenvalue weighted by molar-refractivity contribution is 5.87. The van der Waals surface area contributed by atoms with Gasteiger partial charge in [0.2, 0.25) is 11.8 Å². The lowest BCUT2D eigenvalue weighted by molar-refractivity contribution is -0.136. The van der Waals surface area contributed by atoms with Crippen molar-refractivity contribution in [2.45, 2.75) is 25.8 Å². The summed E-state index contributed by atoms with van der Waals surface area (Å²) < 4.78 is 0. The quantitative estimate of drug-likeness (QED) is 0.887. The number of nitrogens with zero attached hydrogens (tertiary/aromatic N) is 2. The largest absolute Gasteiger partial charge is 0.373 e. The molecule has 1 unspecified atom stereocenters. The van der Waals surface area contributed by atoms with E-state index in [1.807, 2.05) is 37.4 Å². The number of rotatable bonds is 5. The first-order valence-electron chi connectivity index (χ1n) is 7.40. The lowest BCUT2D eigenvalue weighted by atomic mass is 10.2. The number of nitrogens with one attached hydrogen (secondary N) is 1. The molecule has 1 saturated heterocycles. The molecule has 1 fully saturated rings. The van der Waals surface area contributed by atoms with E-state index in [0.717, 1.165) is 25.1 Å². The van der Waals surface area contributed by atoms with Gasteiger partial charge in [0.1, 0.15) is 6.04 Å². The number of benzene rings is 1. The normalized spacial score (nSPS) is 17.6. The van der Waals surface area contributed by atoms with Crippen LogP contribution < -0.4 is 10.2 Å². The summed E-state index contributed by atoms with van der Waals surface area (Å²) in [7, 11) is 2.00. The van der Waals surface area contributed by atoms with Gasteiger partial charge in [0.25, 0.3) is 0 Å². The topological polar surface area (TPSA) is 52.7 Å². The summed E-state index contributed by atoms with van der Waals surface area (Å²) in [6.07, 6.45) is 1.67. The van der Waals surface area contributed by atoms with Crippen molar-refractivity contribution in [3.63, 3.8) is 0 Å². The molecule has 1 N–H and O–H groups in total. The Morgan fingerprint density at radius 3 is 2.71 bits per heavy atom. The Balaban J connectivity index is 1.78. The summed E-state index contributed by atoms with van der Waals surface area (Å²) in [4.78, 5) is 27.4. The predicted molar refractivity (Wildman–Crippen MR) is 83.1 cm³/mol. The minimum atomic E-state index is -0.287. The molecule has 0 radical (unpaired) electrons. The third-order valence-electron chi connectivity index (χ3n) is 3.90. The van der Waals surface area contributed by atoms with Crippen LogP contribution in [-0.2, 0) is 9.59 Å². The van der Waals surface area contributed by atoms with Gasteiger partial charge >= 0.3 is 0 Å². The smallest absolute Gasteiger partial charge is 0.242 e. The fourth-order valence-electron chi connectivity index (χ4n) is 2.69. The van der Waals surface area contributed by atoms with E-state index >= 15 is 0 Å². The van der Waals surface area contributed by atoms with E-state index in [0.29, 0.717) is 13.1 Å². The van der Waals surface area contributed by atoms with E-state index < -0.39 is 0 Å². The molecule has 5 heteroatoms. The molecule has 2 amide bonds. The van der Waals surface area contributed by atoms with Crippen molar-refractivity contribution in [2.24, 2.45) is 0 Å². The molecule has 114 valence electrons. The molecule has 1 atom stereocenters. The SMILES string of the molecule is CC(=O)N1CCCC1C(=O)NCCN(C)c1ccccc1. The zero-order valence-electron chi connectivity index (χ0n) is 12.7. The molecule has 21 heavy (non-hydrogen) atoms. The monoisotopic (exact) mass is 289 g/mol. The fraction of sp³-hybridized carbons (Fsp3) is 0.500. The summed E-state index contributed by atoms with van der Waals surface area (Å²) in [6.45, 7) is 3.53. The maximum atomic E-state index is 12.2. The first kappa shape index (κ1) is 15.4. The van der Waals surface area contributed by atoms with Crippen molar-refractivity contribution in [3.05, 3.63) is 30.3 Å². The first-order chi connectivity index (χ1) is 10.1. The van der Waals surface area contributed by atoms with Gasteiger partial charge in [-0.1, -0.05) is 18.2 Å². The number of anilines is 1. The highest BCUT2D eigenvalue weighted by atomic mass is 16.2. The summed E-state index contributed by atoms with van der Waals surface area (Å²) in [5.74, 6) is -0.0572. The van der Waals surface area contributed by atoms with Crippen LogP contribution >= 0.6 is 0 Å². The van der Waals surface area contributed by atoms with E-state index in [1.54, 1.807) is 4.90 Å². The maximum Gasteiger partial charge on any atom is 0.242 e. The molecular formula is C16H23N3O2. The number of likely N-dealkylation sites (tertiary alicyclic amines) is 1. The molecule has 1 aliphatic heterocycles. The summed E-state index contributed by atoms with van der Waals surface area (Å²) in [5.41, 5.74) is 1.12. The van der Waals surface area contributed by atoms with Gasteiger partial charge in [-0.15, -0.1) is 0 Å². The van der Waals surface area contributed by atoms with Crippen LogP contribution in [0.25, 0.3) is 0 Å². The lowest BCUT2D eigenvalue weighted by Crippen LogP contribution is -2.46. The molecule has 0 bridgehead atoms. The molecule has 2 rings (SSSR count). The van der Waals surface area contributed by atoms with Crippen molar-refractivity contribution in [1.29, 1.82) is 0 Å². The molecule has 1 aromatic rings. The minimum Gasteiger partial charge on any atom is -0.373 e. The van der Waals surface area contributed by atoms with E-state index in [2.05, 4.69) is 10.2 Å². The zero-order valence-corrected chi connectivity index (χ0v) is 12.7. The molecule has 0 spiro atoms. The number of likely N-dealkylation sites (N-methyl/N-ethyl adjacent to an activating group) is 1. The molecule has 0 saturated carbocycles. The molecule has 0 aromatic heterocycles. The van der Waals surface area contributed by atoms with Crippen molar-refractivity contribution >= 4 is 17.5 Å². The Bertz CT molecular complexity index is 490. The minimum absolute atomic E-state index is 0.0194. The Kier molecular flexibility index (Phi) is 5.20. The number of para-hydroxylation sites is 1. The third-order valence-corrected chi connectivity index (χ3v) is 3.90. The lowest BCUT2D eigenvalue weighted by Gasteiger charge is -2.24. The Morgan fingerprint density at radius 2 is 2.05 bits per heavy atom. The number of carbonyl (C=O) groups excluding carboxylic acids is 2. The van der Waals surface area contributed by atoms with Gasteiger partial charge in [0.15, 0.2) is 0 Å². The number of hydrogen-bond acceptors (Lipinski definition) is 3. The van der Waals surface area contributed by atoms with Crippen LogP contribution in [0.1, 0.15) is 19.8 Å². The highest BCUT2D eigenvalue weighted by Crippen LogP contribution is 2.17. The molecule has 0 aliphatic carbocycles. The average Bonchev–Trinajstić information content (AvgIpc) is 2.97. The van der Waals surface area contributed by atoms with E-state index in [1.165, 1.54) is 6.92 Å².